The van der Waals surface area contributed by atoms with Gasteiger partial charge in [0.15, 0.2) is 15.5 Å². The fourth-order valence-corrected chi connectivity index (χ4v) is 5.84. The number of sulfone groups is 1. The first-order chi connectivity index (χ1) is 25.3. The number of benzene rings is 3. The number of ether oxygens (including phenoxy) is 3. The van der Waals surface area contributed by atoms with Crippen LogP contribution in [0.15, 0.2) is 90.0 Å². The molecule has 2 amide bonds. The van der Waals surface area contributed by atoms with Gasteiger partial charge in [0.1, 0.15) is 17.6 Å². The summed E-state index contributed by atoms with van der Waals surface area (Å²) < 4.78 is 55.7. The minimum Gasteiger partial charge on any atom is -0.495 e. The van der Waals surface area contributed by atoms with E-state index in [0.717, 1.165) is 22.3 Å². The fraction of sp³-hybridized carbons (Fsp3) is 0.289. The highest BCUT2D eigenvalue weighted by Crippen LogP contribution is 2.36. The van der Waals surface area contributed by atoms with Gasteiger partial charge in [-0.05, 0) is 72.0 Å². The molecule has 17 heteroatoms. The van der Waals surface area contributed by atoms with Crippen molar-refractivity contribution in [2.45, 2.75) is 57.8 Å². The third-order valence-corrected chi connectivity index (χ3v) is 9.62. The maximum absolute atomic E-state index is 13.8. The Balaban J connectivity index is 0.00000673. The van der Waals surface area contributed by atoms with Gasteiger partial charge in [-0.3, -0.25) is 9.59 Å². The Kier molecular flexibility index (Phi) is 12.9. The molecule has 3 atom stereocenters. The van der Waals surface area contributed by atoms with E-state index in [1.807, 2.05) is 12.1 Å². The van der Waals surface area contributed by atoms with Gasteiger partial charge < -0.3 is 25.3 Å². The molecule has 0 aliphatic heterocycles. The van der Waals surface area contributed by atoms with Crippen LogP contribution in [-0.2, 0) is 28.9 Å². The number of methoxy groups -OCH3 is 1. The maximum Gasteiger partial charge on any atom is 0.424 e. The lowest BCUT2D eigenvalue weighted by Crippen LogP contribution is -2.45. The van der Waals surface area contributed by atoms with Crippen LogP contribution in [0.25, 0.3) is 16.8 Å². The number of pyridine rings is 1. The number of nitrogens with two attached hydrogens (primary N) is 1. The quantitative estimate of drug-likeness (QED) is 0.108. The van der Waals surface area contributed by atoms with E-state index >= 15 is 0 Å². The molecule has 3 N–H and O–H groups in total. The van der Waals surface area contributed by atoms with Crippen molar-refractivity contribution >= 4 is 63.2 Å². The molecule has 5 aromatic rings. The van der Waals surface area contributed by atoms with E-state index in [9.17, 15) is 27.2 Å². The highest BCUT2D eigenvalue weighted by Gasteiger charge is 2.33. The summed E-state index contributed by atoms with van der Waals surface area (Å²) in [5, 5.41) is 7.41. The van der Waals surface area contributed by atoms with Crippen molar-refractivity contribution in [1.82, 2.24) is 14.6 Å². The number of carbonyl (C=O) groups excluding carboxylic acids is 3. The van der Waals surface area contributed by atoms with Gasteiger partial charge in [0.05, 0.1) is 23.6 Å². The highest BCUT2D eigenvalue weighted by molar-refractivity contribution is 7.90. The SMILES string of the molecule is COc1cc(S(C)(=O)=O)ccc1N(C(=O)O[C@H](C)OC(=O)[C@@H](N)C(C)(C)C)c1nc2ccc(-c3ccc(NC(=O)[C@H](C)c4ccc(F)cc4)cc3)cn2n1.Cl. The molecule has 0 bridgehead atoms. The average Bonchev–Trinajstić information content (AvgIpc) is 3.53. The number of anilines is 3. The number of amides is 2. The van der Waals surface area contributed by atoms with Gasteiger partial charge in [-0.15, -0.1) is 17.5 Å². The smallest absolute Gasteiger partial charge is 0.424 e. The van der Waals surface area contributed by atoms with Gasteiger partial charge in [0, 0.05) is 36.7 Å². The number of hydrogen-bond donors (Lipinski definition) is 2. The van der Waals surface area contributed by atoms with Crippen LogP contribution in [0.3, 0.4) is 0 Å². The second-order valence-corrected chi connectivity index (χ2v) is 15.7. The van der Waals surface area contributed by atoms with Crippen LogP contribution in [0, 0.1) is 11.2 Å². The summed E-state index contributed by atoms with van der Waals surface area (Å²) in [6, 6.07) is 19.2. The number of fused-ring (bicyclic) bond motifs is 1. The average molecular weight is 797 g/mol. The first kappa shape index (κ1) is 42.2. The van der Waals surface area contributed by atoms with Gasteiger partial charge in [-0.2, -0.15) is 4.98 Å². The van der Waals surface area contributed by atoms with E-state index in [0.29, 0.717) is 16.9 Å². The first-order valence-corrected chi connectivity index (χ1v) is 18.6. The normalized spacial score (nSPS) is 13.2. The van der Waals surface area contributed by atoms with Gasteiger partial charge in [0.25, 0.3) is 5.95 Å². The van der Waals surface area contributed by atoms with Crippen LogP contribution in [0.5, 0.6) is 5.75 Å². The molecule has 2 aromatic heterocycles. The highest BCUT2D eigenvalue weighted by atomic mass is 35.5. The summed E-state index contributed by atoms with van der Waals surface area (Å²) in [6.45, 7) is 8.37. The zero-order valence-corrected chi connectivity index (χ0v) is 32.8. The Labute approximate surface area is 324 Å². The van der Waals surface area contributed by atoms with Crippen LogP contribution in [0.1, 0.15) is 46.1 Å². The van der Waals surface area contributed by atoms with Crippen LogP contribution in [-0.4, -0.2) is 66.7 Å². The molecule has 55 heavy (non-hydrogen) atoms. The Hall–Kier alpha value is -5.58. The van der Waals surface area contributed by atoms with Gasteiger partial charge >= 0.3 is 12.1 Å². The lowest BCUT2D eigenvalue weighted by Gasteiger charge is -2.27. The minimum atomic E-state index is -3.64. The molecule has 0 aliphatic rings. The van der Waals surface area contributed by atoms with Crippen molar-refractivity contribution in [3.8, 4) is 16.9 Å². The third kappa shape index (κ3) is 9.95. The molecular formula is C38H42ClFN6O8S. The van der Waals surface area contributed by atoms with Crippen LogP contribution >= 0.6 is 12.4 Å². The topological polar surface area (TPSA) is 185 Å². The summed E-state index contributed by atoms with van der Waals surface area (Å²) in [4.78, 5) is 44.8. The molecule has 0 radical (unpaired) electrons. The van der Waals surface area contributed by atoms with E-state index in [2.05, 4.69) is 15.4 Å². The number of aromatic nitrogens is 3. The van der Waals surface area contributed by atoms with Crippen molar-refractivity contribution in [2.75, 3.05) is 23.6 Å². The lowest BCUT2D eigenvalue weighted by molar-refractivity contribution is -0.168. The second-order valence-electron chi connectivity index (χ2n) is 13.6. The van der Waals surface area contributed by atoms with Crippen LogP contribution in [0.2, 0.25) is 0 Å². The zero-order chi connectivity index (χ0) is 39.5. The van der Waals surface area contributed by atoms with E-state index in [4.69, 9.17) is 19.9 Å². The molecule has 0 spiro atoms. The minimum absolute atomic E-state index is 0. The van der Waals surface area contributed by atoms with Crippen molar-refractivity contribution in [2.24, 2.45) is 11.1 Å². The molecule has 3 aromatic carbocycles. The van der Waals surface area contributed by atoms with Crippen LogP contribution < -0.4 is 20.7 Å². The summed E-state index contributed by atoms with van der Waals surface area (Å²) in [6.07, 6.45) is 0.270. The second kappa shape index (κ2) is 16.8. The van der Waals surface area contributed by atoms with Crippen molar-refractivity contribution in [3.05, 3.63) is 96.4 Å². The number of carbonyl (C=O) groups is 3. The van der Waals surface area contributed by atoms with Crippen molar-refractivity contribution in [1.29, 1.82) is 0 Å². The summed E-state index contributed by atoms with van der Waals surface area (Å²) >= 11 is 0. The Morgan fingerprint density at radius 1 is 0.927 bits per heavy atom. The largest absolute Gasteiger partial charge is 0.495 e. The number of halogens is 2. The molecule has 0 saturated carbocycles. The molecule has 0 aliphatic carbocycles. The molecule has 0 unspecified atom stereocenters. The molecule has 2 heterocycles. The molecule has 5 rings (SSSR count). The predicted molar refractivity (Wildman–Crippen MR) is 207 cm³/mol. The van der Waals surface area contributed by atoms with Gasteiger partial charge in [-0.1, -0.05) is 45.0 Å². The molecule has 0 saturated heterocycles. The number of nitrogens with zero attached hydrogens (tertiary/aromatic N) is 4. The first-order valence-electron chi connectivity index (χ1n) is 16.7. The Bertz CT molecular complexity index is 2300. The summed E-state index contributed by atoms with van der Waals surface area (Å²) in [5.41, 5.74) is 8.52. The zero-order valence-electron chi connectivity index (χ0n) is 31.1. The maximum atomic E-state index is 13.8. The predicted octanol–water partition coefficient (Wildman–Crippen LogP) is 6.65. The molecule has 292 valence electrons. The third-order valence-electron chi connectivity index (χ3n) is 8.51. The monoisotopic (exact) mass is 796 g/mol. The Morgan fingerprint density at radius 3 is 2.16 bits per heavy atom. The molecular weight excluding hydrogens is 755 g/mol. The van der Waals surface area contributed by atoms with Crippen molar-refractivity contribution in [3.63, 3.8) is 0 Å². The fourth-order valence-electron chi connectivity index (χ4n) is 5.21. The Morgan fingerprint density at radius 2 is 1.56 bits per heavy atom. The number of nitrogens with one attached hydrogen (secondary N) is 1. The van der Waals surface area contributed by atoms with Crippen LogP contribution in [0.4, 0.5) is 26.5 Å². The molecule has 0 fully saturated rings. The number of rotatable bonds is 11. The van der Waals surface area contributed by atoms with Crippen molar-refractivity contribution < 1.29 is 41.4 Å². The van der Waals surface area contributed by atoms with Gasteiger partial charge in [-0.25, -0.2) is 27.0 Å². The van der Waals surface area contributed by atoms with E-state index in [1.165, 1.54) is 48.9 Å². The van der Waals surface area contributed by atoms with E-state index in [-0.39, 0.29) is 46.4 Å². The number of hydrogen-bond acceptors (Lipinski definition) is 11. The number of esters is 1. The summed E-state index contributed by atoms with van der Waals surface area (Å²) in [7, 11) is -2.34. The summed E-state index contributed by atoms with van der Waals surface area (Å²) in [5.74, 6) is -2.09. The standard InChI is InChI=1S/C38H41FN6O8S.ClH/c1-22(24-8-13-27(39)14-9-24)34(46)41-28-15-10-25(11-16-28)26-12-19-32-42-36(43-44(32)21-26)45(30-18-17-29(54(7,49)50)20-31(30)51-6)37(48)53-23(2)52-35(47)33(40)38(3,4)5;/h8-23,33H,40H2,1-7H3,(H,41,46);1H/t22-,23-,33-;/m1./s1. The van der Waals surface area contributed by atoms with E-state index in [1.54, 1.807) is 70.3 Å². The molecule has 14 nitrogen and oxygen atoms in total. The lowest BCUT2D eigenvalue weighted by atomic mass is 9.87. The van der Waals surface area contributed by atoms with Gasteiger partial charge in [0.2, 0.25) is 12.2 Å². The van der Waals surface area contributed by atoms with E-state index < -0.39 is 45.6 Å².